The molecule has 1 fully saturated rings. The van der Waals surface area contributed by atoms with Crippen LogP contribution in [0.4, 0.5) is 11.4 Å². The van der Waals surface area contributed by atoms with Gasteiger partial charge in [-0.2, -0.15) is 9.57 Å². The average molecular weight is 441 g/mol. The molecular weight excluding hydrogens is 412 g/mol. The number of nitrogens with zero attached hydrogens (tertiary/aromatic N) is 2. The maximum Gasteiger partial charge on any atom is 0.246 e. The van der Waals surface area contributed by atoms with E-state index in [1.807, 2.05) is 6.07 Å². The summed E-state index contributed by atoms with van der Waals surface area (Å²) in [6, 6.07) is 13.2. The van der Waals surface area contributed by atoms with E-state index in [4.69, 9.17) is 5.26 Å². The van der Waals surface area contributed by atoms with Crippen molar-refractivity contribution >= 4 is 27.3 Å². The van der Waals surface area contributed by atoms with Gasteiger partial charge in [0.05, 0.1) is 16.5 Å². The fourth-order valence-electron chi connectivity index (χ4n) is 3.62. The van der Waals surface area contributed by atoms with Gasteiger partial charge >= 0.3 is 0 Å². The van der Waals surface area contributed by atoms with E-state index < -0.39 is 16.1 Å². The van der Waals surface area contributed by atoms with Crippen molar-refractivity contribution in [2.75, 3.05) is 23.7 Å². The maximum atomic E-state index is 13.2. The second-order valence-electron chi connectivity index (χ2n) is 7.85. The van der Waals surface area contributed by atoms with Crippen LogP contribution in [0.2, 0.25) is 0 Å². The second kappa shape index (κ2) is 9.94. The predicted molar refractivity (Wildman–Crippen MR) is 121 cm³/mol. The summed E-state index contributed by atoms with van der Waals surface area (Å²) < 4.78 is 28.0. The Labute approximate surface area is 184 Å². The number of amides is 1. The lowest BCUT2D eigenvalue weighted by Crippen LogP contribution is -2.33. The summed E-state index contributed by atoms with van der Waals surface area (Å²) in [5.41, 5.74) is 2.24. The Bertz CT molecular complexity index is 1080. The van der Waals surface area contributed by atoms with Crippen molar-refractivity contribution in [3.63, 3.8) is 0 Å². The number of carbonyl (C=O) groups is 1. The van der Waals surface area contributed by atoms with E-state index in [9.17, 15) is 13.2 Å². The molecule has 8 heteroatoms. The highest BCUT2D eigenvalue weighted by atomic mass is 32.2. The summed E-state index contributed by atoms with van der Waals surface area (Å²) in [7, 11) is -3.59. The number of aryl methyl sites for hydroxylation is 1. The van der Waals surface area contributed by atoms with Crippen molar-refractivity contribution in [3.8, 4) is 6.07 Å². The molecule has 1 saturated heterocycles. The Morgan fingerprint density at radius 2 is 1.77 bits per heavy atom. The van der Waals surface area contributed by atoms with Crippen molar-refractivity contribution in [2.24, 2.45) is 0 Å². The van der Waals surface area contributed by atoms with Crippen molar-refractivity contribution in [3.05, 3.63) is 53.6 Å². The minimum atomic E-state index is -3.59. The number of nitrogens with one attached hydrogen (secondary N) is 2. The van der Waals surface area contributed by atoms with Crippen LogP contribution in [-0.2, 0) is 14.8 Å². The molecule has 0 unspecified atom stereocenters. The van der Waals surface area contributed by atoms with Gasteiger partial charge in [0.15, 0.2) is 0 Å². The third kappa shape index (κ3) is 5.63. The van der Waals surface area contributed by atoms with Crippen LogP contribution in [0, 0.1) is 18.3 Å². The lowest BCUT2D eigenvalue weighted by atomic mass is 10.2. The average Bonchev–Trinajstić information content (AvgIpc) is 3.05. The molecule has 2 aromatic carbocycles. The lowest BCUT2D eigenvalue weighted by molar-refractivity contribution is -0.116. The van der Waals surface area contributed by atoms with Gasteiger partial charge in [-0.1, -0.05) is 25.0 Å². The molecule has 0 spiro atoms. The van der Waals surface area contributed by atoms with Gasteiger partial charge in [-0.25, -0.2) is 8.42 Å². The Balaban J connectivity index is 1.74. The van der Waals surface area contributed by atoms with Gasteiger partial charge in [0.25, 0.3) is 0 Å². The molecule has 0 saturated carbocycles. The molecular formula is C23H28N4O3S. The van der Waals surface area contributed by atoms with E-state index >= 15 is 0 Å². The molecule has 0 aromatic heterocycles. The molecule has 1 amide bonds. The molecule has 0 bridgehead atoms. The van der Waals surface area contributed by atoms with Crippen LogP contribution in [-0.4, -0.2) is 37.8 Å². The number of benzene rings is 2. The molecule has 3 rings (SSSR count). The number of hydrogen-bond acceptors (Lipinski definition) is 5. The monoisotopic (exact) mass is 440 g/mol. The first kappa shape index (κ1) is 22.8. The van der Waals surface area contributed by atoms with Gasteiger partial charge in [0.2, 0.25) is 15.9 Å². The summed E-state index contributed by atoms with van der Waals surface area (Å²) in [5.74, 6) is -0.285. The predicted octanol–water partition coefficient (Wildman–Crippen LogP) is 3.87. The molecule has 0 aliphatic carbocycles. The first-order chi connectivity index (χ1) is 14.8. The number of anilines is 2. The molecule has 0 radical (unpaired) electrons. The smallest absolute Gasteiger partial charge is 0.246 e. The van der Waals surface area contributed by atoms with Gasteiger partial charge in [-0.3, -0.25) is 4.79 Å². The maximum absolute atomic E-state index is 13.2. The van der Waals surface area contributed by atoms with Crippen molar-refractivity contribution in [2.45, 2.75) is 50.5 Å². The number of nitriles is 1. The molecule has 7 nitrogen and oxygen atoms in total. The Kier molecular flexibility index (Phi) is 7.31. The third-order valence-corrected chi connectivity index (χ3v) is 7.45. The van der Waals surface area contributed by atoms with E-state index in [1.165, 1.54) is 0 Å². The second-order valence-corrected chi connectivity index (χ2v) is 9.75. The Morgan fingerprint density at radius 3 is 2.45 bits per heavy atom. The SMILES string of the molecule is Cc1ccc(N[C@H](C)C(=O)Nc2cccc(C#N)c2)cc1S(=O)(=O)N1CCCCCC1. The van der Waals surface area contributed by atoms with E-state index in [-0.39, 0.29) is 10.8 Å². The molecule has 31 heavy (non-hydrogen) atoms. The van der Waals surface area contributed by atoms with Gasteiger partial charge in [0, 0.05) is 24.5 Å². The zero-order valence-corrected chi connectivity index (χ0v) is 18.7. The van der Waals surface area contributed by atoms with Gasteiger partial charge < -0.3 is 10.6 Å². The standard InChI is InChI=1S/C23H28N4O3S/c1-17-10-11-21(15-22(17)31(29,30)27-12-5-3-4-6-13-27)25-18(2)23(28)26-20-9-7-8-19(14-20)16-24/h7-11,14-15,18,25H,3-6,12-13H2,1-2H3,(H,26,28)/t18-/m1/s1. The Hall–Kier alpha value is -2.89. The minimum absolute atomic E-state index is 0.272. The zero-order chi connectivity index (χ0) is 22.4. The summed E-state index contributed by atoms with van der Waals surface area (Å²) in [4.78, 5) is 12.8. The molecule has 2 N–H and O–H groups in total. The van der Waals surface area contributed by atoms with Crippen LogP contribution >= 0.6 is 0 Å². The largest absolute Gasteiger partial charge is 0.374 e. The van der Waals surface area contributed by atoms with Crippen LogP contribution in [0.15, 0.2) is 47.4 Å². The molecule has 1 aliphatic heterocycles. The highest BCUT2D eigenvalue weighted by Gasteiger charge is 2.27. The molecule has 164 valence electrons. The normalized spacial score (nSPS) is 16.0. The van der Waals surface area contributed by atoms with Crippen molar-refractivity contribution in [1.29, 1.82) is 5.26 Å². The number of hydrogen-bond donors (Lipinski definition) is 2. The van der Waals surface area contributed by atoms with E-state index in [2.05, 4.69) is 10.6 Å². The summed E-state index contributed by atoms with van der Waals surface area (Å²) in [6.45, 7) is 4.57. The number of sulfonamides is 1. The summed E-state index contributed by atoms with van der Waals surface area (Å²) >= 11 is 0. The van der Waals surface area contributed by atoms with Crippen molar-refractivity contribution < 1.29 is 13.2 Å². The molecule has 1 heterocycles. The lowest BCUT2D eigenvalue weighted by Gasteiger charge is -2.22. The highest BCUT2D eigenvalue weighted by molar-refractivity contribution is 7.89. The van der Waals surface area contributed by atoms with Crippen LogP contribution in [0.25, 0.3) is 0 Å². The van der Waals surface area contributed by atoms with Crippen LogP contribution < -0.4 is 10.6 Å². The molecule has 2 aromatic rings. The topological polar surface area (TPSA) is 102 Å². The minimum Gasteiger partial charge on any atom is -0.374 e. The van der Waals surface area contributed by atoms with Crippen LogP contribution in [0.3, 0.4) is 0 Å². The fourth-order valence-corrected chi connectivity index (χ4v) is 5.39. The van der Waals surface area contributed by atoms with Crippen LogP contribution in [0.1, 0.15) is 43.7 Å². The highest BCUT2D eigenvalue weighted by Crippen LogP contribution is 2.26. The Morgan fingerprint density at radius 1 is 1.06 bits per heavy atom. The third-order valence-electron chi connectivity index (χ3n) is 5.41. The van der Waals surface area contributed by atoms with E-state index in [1.54, 1.807) is 60.6 Å². The fraction of sp³-hybridized carbons (Fsp3) is 0.391. The van der Waals surface area contributed by atoms with E-state index in [0.29, 0.717) is 35.6 Å². The molecule has 1 atom stereocenters. The summed E-state index contributed by atoms with van der Waals surface area (Å²) in [6.07, 6.45) is 3.86. The number of carbonyl (C=O) groups excluding carboxylic acids is 1. The molecule has 1 aliphatic rings. The van der Waals surface area contributed by atoms with Crippen LogP contribution in [0.5, 0.6) is 0 Å². The quantitative estimate of drug-likeness (QED) is 0.710. The van der Waals surface area contributed by atoms with E-state index in [0.717, 1.165) is 25.7 Å². The first-order valence-electron chi connectivity index (χ1n) is 10.5. The first-order valence-corrected chi connectivity index (χ1v) is 11.9. The number of rotatable bonds is 6. The van der Waals surface area contributed by atoms with Gasteiger partial charge in [-0.05, 0) is 62.6 Å². The zero-order valence-electron chi connectivity index (χ0n) is 17.9. The summed E-state index contributed by atoms with van der Waals surface area (Å²) in [5, 5.41) is 14.9. The van der Waals surface area contributed by atoms with Crippen molar-refractivity contribution in [1.82, 2.24) is 4.31 Å². The van der Waals surface area contributed by atoms with Gasteiger partial charge in [0.1, 0.15) is 6.04 Å². The van der Waals surface area contributed by atoms with Gasteiger partial charge in [-0.15, -0.1) is 0 Å².